The third-order valence-electron chi connectivity index (χ3n) is 2.40. The quantitative estimate of drug-likeness (QED) is 0.595. The summed E-state index contributed by atoms with van der Waals surface area (Å²) in [5, 5.41) is 17.9. The highest BCUT2D eigenvalue weighted by Gasteiger charge is 2.45. The van der Waals surface area contributed by atoms with Gasteiger partial charge in [0, 0.05) is 6.20 Å². The third-order valence-corrected chi connectivity index (χ3v) is 2.40. The normalized spacial score (nSPS) is 11.6. The Kier molecular flexibility index (Phi) is 2.28. The van der Waals surface area contributed by atoms with Crippen molar-refractivity contribution in [1.29, 1.82) is 0 Å². The zero-order chi connectivity index (χ0) is 12.6. The second kappa shape index (κ2) is 3.52. The van der Waals surface area contributed by atoms with Gasteiger partial charge in [0.15, 0.2) is 0 Å². The molecule has 0 atom stereocenters. The molecule has 17 heavy (non-hydrogen) atoms. The lowest BCUT2D eigenvalue weighted by Crippen LogP contribution is -2.56. The first-order valence-corrected chi connectivity index (χ1v) is 4.51. The monoisotopic (exact) mass is 236 g/mol. The average Bonchev–Trinajstić information content (AvgIpc) is 2.71. The summed E-state index contributed by atoms with van der Waals surface area (Å²) >= 11 is 0. The van der Waals surface area contributed by atoms with Crippen molar-refractivity contribution < 1.29 is 19.8 Å². The standard InChI is InChI=1S/C9H8N4O4/c10-9(7(14)15,8(16)17)13-2-1-5-6(13)3-11-4-12-5/h1-4H,10H2,(H,14,15)(H,16,17). The molecule has 2 rings (SSSR count). The Morgan fingerprint density at radius 3 is 2.59 bits per heavy atom. The van der Waals surface area contributed by atoms with Crippen LogP contribution in [-0.2, 0) is 15.3 Å². The van der Waals surface area contributed by atoms with E-state index in [4.69, 9.17) is 15.9 Å². The summed E-state index contributed by atoms with van der Waals surface area (Å²) in [5.41, 5.74) is 3.50. The zero-order valence-corrected chi connectivity index (χ0v) is 8.44. The Morgan fingerprint density at radius 2 is 2.00 bits per heavy atom. The third kappa shape index (κ3) is 1.42. The zero-order valence-electron chi connectivity index (χ0n) is 8.44. The van der Waals surface area contributed by atoms with Gasteiger partial charge < -0.3 is 14.8 Å². The molecule has 2 aromatic heterocycles. The molecule has 4 N–H and O–H groups in total. The predicted molar refractivity (Wildman–Crippen MR) is 55.0 cm³/mol. The van der Waals surface area contributed by atoms with Gasteiger partial charge in [-0.1, -0.05) is 0 Å². The lowest BCUT2D eigenvalue weighted by atomic mass is 10.2. The van der Waals surface area contributed by atoms with Crippen LogP contribution in [0.15, 0.2) is 24.8 Å². The van der Waals surface area contributed by atoms with E-state index in [1.807, 2.05) is 0 Å². The second-order valence-corrected chi connectivity index (χ2v) is 3.36. The Morgan fingerprint density at radius 1 is 1.35 bits per heavy atom. The lowest BCUT2D eigenvalue weighted by Gasteiger charge is -2.22. The van der Waals surface area contributed by atoms with Gasteiger partial charge in [-0.15, -0.1) is 0 Å². The smallest absolute Gasteiger partial charge is 0.357 e. The van der Waals surface area contributed by atoms with Gasteiger partial charge in [0.05, 0.1) is 17.2 Å². The summed E-state index contributed by atoms with van der Waals surface area (Å²) in [6.45, 7) is 0. The van der Waals surface area contributed by atoms with Crippen LogP contribution in [0.2, 0.25) is 0 Å². The molecule has 0 aliphatic carbocycles. The summed E-state index contributed by atoms with van der Waals surface area (Å²) < 4.78 is 0.910. The molecule has 0 aliphatic heterocycles. The maximum absolute atomic E-state index is 11.0. The highest BCUT2D eigenvalue weighted by Crippen LogP contribution is 2.19. The van der Waals surface area contributed by atoms with E-state index in [9.17, 15) is 9.59 Å². The number of aromatic nitrogens is 3. The van der Waals surface area contributed by atoms with Gasteiger partial charge in [0.1, 0.15) is 6.33 Å². The molecular formula is C9H8N4O4. The summed E-state index contributed by atoms with van der Waals surface area (Å²) in [6.07, 6.45) is 3.82. The summed E-state index contributed by atoms with van der Waals surface area (Å²) in [5.74, 6) is -3.35. The van der Waals surface area contributed by atoms with Gasteiger partial charge >= 0.3 is 11.9 Å². The van der Waals surface area contributed by atoms with Crippen LogP contribution in [0.25, 0.3) is 11.0 Å². The largest absolute Gasteiger partial charge is 0.478 e. The molecule has 0 aliphatic rings. The molecule has 2 heterocycles. The number of fused-ring (bicyclic) bond motifs is 1. The number of carboxylic acids is 2. The topological polar surface area (TPSA) is 131 Å². The maximum Gasteiger partial charge on any atom is 0.357 e. The highest BCUT2D eigenvalue weighted by molar-refractivity contribution is 6.01. The average molecular weight is 236 g/mol. The predicted octanol–water partition coefficient (Wildman–Crippen LogP) is -0.788. The first-order chi connectivity index (χ1) is 7.98. The van der Waals surface area contributed by atoms with E-state index in [2.05, 4.69) is 9.97 Å². The SMILES string of the molecule is NC(C(=O)O)(C(=O)O)n1ccc2ncncc21. The molecule has 2 aromatic rings. The van der Waals surface area contributed by atoms with Crippen molar-refractivity contribution in [2.45, 2.75) is 5.66 Å². The van der Waals surface area contributed by atoms with Gasteiger partial charge in [-0.05, 0) is 6.07 Å². The molecule has 0 bridgehead atoms. The Bertz CT molecular complexity index is 592. The van der Waals surface area contributed by atoms with Crippen LogP contribution in [-0.4, -0.2) is 36.7 Å². The fraction of sp³-hybridized carbons (Fsp3) is 0.111. The van der Waals surface area contributed by atoms with Crippen LogP contribution in [0.1, 0.15) is 0 Å². The Hall–Kier alpha value is -2.48. The van der Waals surface area contributed by atoms with Crippen molar-refractivity contribution >= 4 is 23.0 Å². The molecule has 0 saturated carbocycles. The molecule has 8 heteroatoms. The van der Waals surface area contributed by atoms with Crippen molar-refractivity contribution in [2.24, 2.45) is 5.73 Å². The fourth-order valence-corrected chi connectivity index (χ4v) is 1.48. The molecule has 0 aromatic carbocycles. The summed E-state index contributed by atoms with van der Waals surface area (Å²) in [4.78, 5) is 29.6. The number of carbonyl (C=O) groups is 2. The van der Waals surface area contributed by atoms with E-state index in [1.54, 1.807) is 0 Å². The number of nitrogens with two attached hydrogens (primary N) is 1. The number of rotatable bonds is 3. The van der Waals surface area contributed by atoms with Crippen molar-refractivity contribution in [3.05, 3.63) is 24.8 Å². The van der Waals surface area contributed by atoms with E-state index in [0.29, 0.717) is 5.52 Å². The molecule has 0 fully saturated rings. The molecule has 0 unspecified atom stereocenters. The lowest BCUT2D eigenvalue weighted by molar-refractivity contribution is -0.162. The Labute approximate surface area is 94.3 Å². The van der Waals surface area contributed by atoms with Gasteiger partial charge in [0.25, 0.3) is 5.66 Å². The molecule has 8 nitrogen and oxygen atoms in total. The van der Waals surface area contributed by atoms with Crippen molar-refractivity contribution in [1.82, 2.24) is 14.5 Å². The number of nitrogens with zero attached hydrogens (tertiary/aromatic N) is 3. The minimum Gasteiger partial charge on any atom is -0.478 e. The molecule has 0 radical (unpaired) electrons. The van der Waals surface area contributed by atoms with Gasteiger partial charge in [-0.3, -0.25) is 5.73 Å². The van der Waals surface area contributed by atoms with Gasteiger partial charge in [0.2, 0.25) is 0 Å². The molecular weight excluding hydrogens is 228 g/mol. The number of carboxylic acid groups (broad SMARTS) is 2. The van der Waals surface area contributed by atoms with Crippen molar-refractivity contribution in [3.8, 4) is 0 Å². The molecule has 88 valence electrons. The minimum atomic E-state index is -2.58. The summed E-state index contributed by atoms with van der Waals surface area (Å²) in [6, 6.07) is 1.46. The second-order valence-electron chi connectivity index (χ2n) is 3.36. The van der Waals surface area contributed by atoms with Crippen LogP contribution in [0.4, 0.5) is 0 Å². The van der Waals surface area contributed by atoms with E-state index in [0.717, 1.165) is 4.57 Å². The van der Waals surface area contributed by atoms with E-state index in [-0.39, 0.29) is 5.52 Å². The van der Waals surface area contributed by atoms with Crippen LogP contribution >= 0.6 is 0 Å². The van der Waals surface area contributed by atoms with Gasteiger partial charge in [-0.2, -0.15) is 0 Å². The molecule has 0 amide bonds. The number of hydrogen-bond donors (Lipinski definition) is 3. The first-order valence-electron chi connectivity index (χ1n) is 4.51. The molecule has 0 saturated heterocycles. The highest BCUT2D eigenvalue weighted by atomic mass is 16.4. The van der Waals surface area contributed by atoms with E-state index >= 15 is 0 Å². The van der Waals surface area contributed by atoms with Crippen molar-refractivity contribution in [2.75, 3.05) is 0 Å². The fourth-order valence-electron chi connectivity index (χ4n) is 1.48. The number of hydrogen-bond acceptors (Lipinski definition) is 5. The number of aliphatic carboxylic acids is 2. The van der Waals surface area contributed by atoms with Crippen molar-refractivity contribution in [3.63, 3.8) is 0 Å². The van der Waals surface area contributed by atoms with Crippen LogP contribution in [0, 0.1) is 0 Å². The minimum absolute atomic E-state index is 0.236. The summed E-state index contributed by atoms with van der Waals surface area (Å²) in [7, 11) is 0. The van der Waals surface area contributed by atoms with Crippen LogP contribution in [0.5, 0.6) is 0 Å². The maximum atomic E-state index is 11.0. The van der Waals surface area contributed by atoms with Crippen LogP contribution < -0.4 is 5.73 Å². The van der Waals surface area contributed by atoms with Crippen LogP contribution in [0.3, 0.4) is 0 Å². The van der Waals surface area contributed by atoms with E-state index in [1.165, 1.54) is 24.8 Å². The Balaban J connectivity index is 2.74. The molecule has 0 spiro atoms. The van der Waals surface area contributed by atoms with E-state index < -0.39 is 17.6 Å². The van der Waals surface area contributed by atoms with Gasteiger partial charge in [-0.25, -0.2) is 19.6 Å². The first kappa shape index (κ1) is 11.0.